The molecule has 0 saturated heterocycles. The summed E-state index contributed by atoms with van der Waals surface area (Å²) in [5.41, 5.74) is 2.15. The molecule has 0 aliphatic heterocycles. The second-order valence-corrected chi connectivity index (χ2v) is 4.34. The third kappa shape index (κ3) is 2.56. The van der Waals surface area contributed by atoms with Crippen LogP contribution in [0, 0.1) is 0 Å². The monoisotopic (exact) mass is 231 g/mol. The van der Waals surface area contributed by atoms with Gasteiger partial charge < -0.3 is 10.4 Å². The summed E-state index contributed by atoms with van der Waals surface area (Å²) in [5.74, 6) is -0.0364. The minimum atomic E-state index is -0.514. The van der Waals surface area contributed by atoms with Crippen molar-refractivity contribution in [2.75, 3.05) is 0 Å². The molecule has 90 valence electrons. The van der Waals surface area contributed by atoms with Crippen LogP contribution < -0.4 is 5.32 Å². The Balaban J connectivity index is 2.06. The fourth-order valence-corrected chi connectivity index (χ4v) is 2.23. The first kappa shape index (κ1) is 11.9. The Labute approximate surface area is 101 Å². The van der Waals surface area contributed by atoms with E-state index in [4.69, 9.17) is 0 Å². The fourth-order valence-electron chi connectivity index (χ4n) is 2.23. The van der Waals surface area contributed by atoms with E-state index in [0.717, 1.165) is 11.1 Å². The van der Waals surface area contributed by atoms with Crippen LogP contribution in [0.1, 0.15) is 30.0 Å². The molecule has 2 rings (SSSR count). The average molecular weight is 231 g/mol. The first-order chi connectivity index (χ1) is 8.22. The number of aliphatic hydroxyl groups excluding tert-OH is 1. The molecule has 1 aliphatic carbocycles. The predicted molar refractivity (Wildman–Crippen MR) is 66.5 cm³/mol. The van der Waals surface area contributed by atoms with Crippen LogP contribution in [0.25, 0.3) is 0 Å². The third-order valence-electron chi connectivity index (χ3n) is 3.10. The molecule has 2 N–H and O–H groups in total. The van der Waals surface area contributed by atoms with Gasteiger partial charge in [-0.2, -0.15) is 0 Å². The van der Waals surface area contributed by atoms with Gasteiger partial charge in [-0.25, -0.2) is 0 Å². The molecule has 1 aromatic carbocycles. The molecule has 0 unspecified atom stereocenters. The van der Waals surface area contributed by atoms with Gasteiger partial charge in [0.1, 0.15) is 0 Å². The van der Waals surface area contributed by atoms with Crippen molar-refractivity contribution in [2.45, 2.75) is 31.4 Å². The molecule has 1 aliphatic rings. The zero-order valence-electron chi connectivity index (χ0n) is 9.73. The lowest BCUT2D eigenvalue weighted by Gasteiger charge is -2.17. The molecule has 0 saturated carbocycles. The van der Waals surface area contributed by atoms with Gasteiger partial charge in [0.2, 0.25) is 5.91 Å². The van der Waals surface area contributed by atoms with E-state index in [9.17, 15) is 9.90 Å². The zero-order valence-corrected chi connectivity index (χ0v) is 9.73. The van der Waals surface area contributed by atoms with E-state index in [0.29, 0.717) is 19.3 Å². The number of rotatable bonds is 4. The topological polar surface area (TPSA) is 49.3 Å². The summed E-state index contributed by atoms with van der Waals surface area (Å²) < 4.78 is 0. The van der Waals surface area contributed by atoms with Crippen LogP contribution in [0.4, 0.5) is 0 Å². The molecule has 1 aromatic rings. The molecule has 0 fully saturated rings. The van der Waals surface area contributed by atoms with Crippen LogP contribution in [0.2, 0.25) is 0 Å². The van der Waals surface area contributed by atoms with Crippen molar-refractivity contribution in [1.29, 1.82) is 0 Å². The SMILES string of the molecule is C=CCCC(=O)N[C@@H]1c2ccccc2C[C@@H]1O. The summed E-state index contributed by atoms with van der Waals surface area (Å²) in [4.78, 5) is 11.6. The third-order valence-corrected chi connectivity index (χ3v) is 3.10. The van der Waals surface area contributed by atoms with Crippen LogP contribution in [-0.4, -0.2) is 17.1 Å². The molecule has 0 heterocycles. The number of carbonyl (C=O) groups excluding carboxylic acids is 1. The Morgan fingerprint density at radius 2 is 2.29 bits per heavy atom. The van der Waals surface area contributed by atoms with E-state index in [-0.39, 0.29) is 11.9 Å². The Morgan fingerprint density at radius 3 is 3.06 bits per heavy atom. The van der Waals surface area contributed by atoms with E-state index < -0.39 is 6.10 Å². The summed E-state index contributed by atoms with van der Waals surface area (Å²) in [7, 11) is 0. The van der Waals surface area contributed by atoms with Crippen LogP contribution in [0.3, 0.4) is 0 Å². The number of hydrogen-bond donors (Lipinski definition) is 2. The van der Waals surface area contributed by atoms with Crippen LogP contribution >= 0.6 is 0 Å². The van der Waals surface area contributed by atoms with Crippen molar-refractivity contribution in [3.8, 4) is 0 Å². The van der Waals surface area contributed by atoms with E-state index in [1.165, 1.54) is 0 Å². The van der Waals surface area contributed by atoms with Gasteiger partial charge in [-0.3, -0.25) is 4.79 Å². The number of aliphatic hydroxyl groups is 1. The number of nitrogens with one attached hydrogen (secondary N) is 1. The Kier molecular flexibility index (Phi) is 3.59. The van der Waals surface area contributed by atoms with Crippen LogP contribution in [0.5, 0.6) is 0 Å². The standard InChI is InChI=1S/C14H17NO2/c1-2-3-8-13(17)15-14-11-7-5-4-6-10(11)9-12(14)16/h2,4-7,12,14,16H,1,3,8-9H2,(H,15,17)/t12-,14+/m0/s1. The lowest BCUT2D eigenvalue weighted by Crippen LogP contribution is -2.33. The van der Waals surface area contributed by atoms with E-state index >= 15 is 0 Å². The predicted octanol–water partition coefficient (Wildman–Crippen LogP) is 1.73. The summed E-state index contributed by atoms with van der Waals surface area (Å²) in [6.07, 6.45) is 2.91. The summed E-state index contributed by atoms with van der Waals surface area (Å²) in [5, 5.41) is 12.8. The fraction of sp³-hybridized carbons (Fsp3) is 0.357. The number of benzene rings is 1. The van der Waals surface area contributed by atoms with Crippen molar-refractivity contribution in [2.24, 2.45) is 0 Å². The number of fused-ring (bicyclic) bond motifs is 1. The maximum atomic E-state index is 11.6. The minimum Gasteiger partial charge on any atom is -0.390 e. The maximum absolute atomic E-state index is 11.6. The van der Waals surface area contributed by atoms with E-state index in [1.54, 1.807) is 6.08 Å². The first-order valence-electron chi connectivity index (χ1n) is 5.88. The van der Waals surface area contributed by atoms with Crippen molar-refractivity contribution in [3.05, 3.63) is 48.0 Å². The largest absolute Gasteiger partial charge is 0.390 e. The van der Waals surface area contributed by atoms with Gasteiger partial charge in [0, 0.05) is 12.8 Å². The van der Waals surface area contributed by atoms with Crippen molar-refractivity contribution in [1.82, 2.24) is 5.32 Å². The highest BCUT2D eigenvalue weighted by Crippen LogP contribution is 2.31. The molecule has 1 amide bonds. The van der Waals surface area contributed by atoms with Gasteiger partial charge in [0.25, 0.3) is 0 Å². The molecule has 17 heavy (non-hydrogen) atoms. The van der Waals surface area contributed by atoms with Gasteiger partial charge in [0.05, 0.1) is 12.1 Å². The number of amides is 1. The number of carbonyl (C=O) groups is 1. The van der Waals surface area contributed by atoms with E-state index in [1.807, 2.05) is 24.3 Å². The minimum absolute atomic E-state index is 0.0364. The number of hydrogen-bond acceptors (Lipinski definition) is 2. The lowest BCUT2D eigenvalue weighted by molar-refractivity contribution is -0.122. The summed E-state index contributed by atoms with van der Waals surface area (Å²) in [6.45, 7) is 3.59. The highest BCUT2D eigenvalue weighted by molar-refractivity contribution is 5.76. The molecule has 0 bridgehead atoms. The van der Waals surface area contributed by atoms with Gasteiger partial charge >= 0.3 is 0 Å². The molecular weight excluding hydrogens is 214 g/mol. The Hall–Kier alpha value is -1.61. The molecule has 0 aromatic heterocycles. The molecule has 0 spiro atoms. The normalized spacial score (nSPS) is 21.9. The van der Waals surface area contributed by atoms with Gasteiger partial charge in [-0.1, -0.05) is 30.3 Å². The maximum Gasteiger partial charge on any atom is 0.220 e. The van der Waals surface area contributed by atoms with Gasteiger partial charge in [-0.15, -0.1) is 6.58 Å². The molecule has 0 radical (unpaired) electrons. The smallest absolute Gasteiger partial charge is 0.220 e. The van der Waals surface area contributed by atoms with Gasteiger partial charge in [-0.05, 0) is 17.5 Å². The Morgan fingerprint density at radius 1 is 1.53 bits per heavy atom. The molecular formula is C14H17NO2. The second kappa shape index (κ2) is 5.15. The molecule has 2 atom stereocenters. The molecule has 3 heteroatoms. The van der Waals surface area contributed by atoms with Crippen LogP contribution in [0.15, 0.2) is 36.9 Å². The van der Waals surface area contributed by atoms with Crippen molar-refractivity contribution in [3.63, 3.8) is 0 Å². The second-order valence-electron chi connectivity index (χ2n) is 4.34. The van der Waals surface area contributed by atoms with Crippen molar-refractivity contribution < 1.29 is 9.90 Å². The summed E-state index contributed by atoms with van der Waals surface area (Å²) >= 11 is 0. The summed E-state index contributed by atoms with van der Waals surface area (Å²) in [6, 6.07) is 7.58. The highest BCUT2D eigenvalue weighted by atomic mass is 16.3. The Bertz CT molecular complexity index is 428. The van der Waals surface area contributed by atoms with Crippen molar-refractivity contribution >= 4 is 5.91 Å². The zero-order chi connectivity index (χ0) is 12.3. The quantitative estimate of drug-likeness (QED) is 0.775. The highest BCUT2D eigenvalue weighted by Gasteiger charge is 2.31. The van der Waals surface area contributed by atoms with E-state index in [2.05, 4.69) is 11.9 Å². The average Bonchev–Trinajstić information content (AvgIpc) is 2.64. The lowest BCUT2D eigenvalue weighted by atomic mass is 10.1. The first-order valence-corrected chi connectivity index (χ1v) is 5.88. The van der Waals surface area contributed by atoms with Gasteiger partial charge in [0.15, 0.2) is 0 Å². The number of allylic oxidation sites excluding steroid dienone is 1. The molecule has 3 nitrogen and oxygen atoms in total. The van der Waals surface area contributed by atoms with Crippen LogP contribution in [-0.2, 0) is 11.2 Å².